The fraction of sp³-hybridized carbons (Fsp3) is 0. The van der Waals surface area contributed by atoms with Gasteiger partial charge < -0.3 is 21.2 Å². The van der Waals surface area contributed by atoms with Crippen molar-refractivity contribution in [1.82, 2.24) is 0 Å². The van der Waals surface area contributed by atoms with E-state index in [1.165, 1.54) is 12.1 Å². The van der Waals surface area contributed by atoms with Crippen molar-refractivity contribution in [3.8, 4) is 5.75 Å². The molecule has 0 fully saturated rings. The zero-order chi connectivity index (χ0) is 10.1. The van der Waals surface area contributed by atoms with Crippen LogP contribution < -0.4 is 0 Å². The first-order valence-electron chi connectivity index (χ1n) is 4.13. The molecule has 0 saturated carbocycles. The molecule has 2 aromatic carbocycles. The van der Waals surface area contributed by atoms with E-state index in [0.717, 1.165) is 10.8 Å². The molecule has 0 radical (unpaired) electrons. The van der Waals surface area contributed by atoms with E-state index >= 15 is 0 Å². The number of fused-ring (bicyclic) bond motifs is 1. The number of carbonyl (C=O) groups is 1. The van der Waals surface area contributed by atoms with Crippen LogP contribution in [0, 0.1) is 0 Å². The Morgan fingerprint density at radius 2 is 1.47 bits per heavy atom. The molecule has 6 N–H and O–H groups in total. The second-order valence-electron chi connectivity index (χ2n) is 3.02. The van der Waals surface area contributed by atoms with Gasteiger partial charge in [0.15, 0.2) is 0 Å². The van der Waals surface area contributed by atoms with Crippen molar-refractivity contribution in [2.75, 3.05) is 0 Å². The second kappa shape index (κ2) is 6.96. The van der Waals surface area contributed by atoms with Crippen molar-refractivity contribution in [3.05, 3.63) is 42.0 Å². The minimum atomic E-state index is -1.12. The third kappa shape index (κ3) is 3.49. The fourth-order valence-electron chi connectivity index (χ4n) is 1.40. The first-order valence-corrected chi connectivity index (χ1v) is 4.13. The summed E-state index contributed by atoms with van der Waals surface area (Å²) >= 11 is 0. The van der Waals surface area contributed by atoms with Crippen LogP contribution in [0.2, 0.25) is 0 Å². The zero-order valence-corrected chi connectivity index (χ0v) is 11.9. The number of hydrogen-bond acceptors (Lipinski definition) is 2. The molecule has 17 heavy (non-hydrogen) atoms. The summed E-state index contributed by atoms with van der Waals surface area (Å²) in [6, 6.07) is 10.2. The summed E-state index contributed by atoms with van der Waals surface area (Å²) in [5.41, 5.74) is -0.0660. The second-order valence-corrected chi connectivity index (χ2v) is 3.02. The number of hydrogen-bond donors (Lipinski definition) is 2. The van der Waals surface area contributed by atoms with Gasteiger partial charge in [0.05, 0.1) is 0 Å². The molecule has 0 bridgehead atoms. The summed E-state index contributed by atoms with van der Waals surface area (Å²) in [5.74, 6) is -1.32. The van der Waals surface area contributed by atoms with E-state index in [2.05, 4.69) is 0 Å². The molecule has 0 amide bonds. The Kier molecular flexibility index (Phi) is 7.33. The van der Waals surface area contributed by atoms with Gasteiger partial charge in [-0.3, -0.25) is 0 Å². The van der Waals surface area contributed by atoms with E-state index in [0.29, 0.717) is 0 Å². The molecule has 88 valence electrons. The third-order valence-corrected chi connectivity index (χ3v) is 2.09. The van der Waals surface area contributed by atoms with Crippen molar-refractivity contribution in [3.63, 3.8) is 0 Å². The molecule has 0 heterocycles. The molecule has 0 spiro atoms. The maximum absolute atomic E-state index is 10.7. The van der Waals surface area contributed by atoms with Crippen molar-refractivity contribution in [2.45, 2.75) is 0 Å². The van der Waals surface area contributed by atoms with Gasteiger partial charge in [-0.15, -0.1) is 0 Å². The molecule has 6 heteroatoms. The largest absolute Gasteiger partial charge is 0.507 e. The summed E-state index contributed by atoms with van der Waals surface area (Å²) < 4.78 is 0. The molecule has 5 nitrogen and oxygen atoms in total. The van der Waals surface area contributed by atoms with Crippen molar-refractivity contribution < 1.29 is 45.4 Å². The molecule has 2 aromatic rings. The zero-order valence-electron chi connectivity index (χ0n) is 8.97. The Morgan fingerprint density at radius 1 is 1.00 bits per heavy atom. The molecule has 0 aromatic heterocycles. The van der Waals surface area contributed by atoms with Gasteiger partial charge in [-0.25, -0.2) is 4.79 Å². The summed E-state index contributed by atoms with van der Waals surface area (Å²) in [6.07, 6.45) is 0. The predicted octanol–water partition coefficient (Wildman–Crippen LogP) is 0.592. The molecule has 0 atom stereocenters. The van der Waals surface area contributed by atoms with E-state index in [1.54, 1.807) is 6.07 Å². The summed E-state index contributed by atoms with van der Waals surface area (Å²) in [4.78, 5) is 10.7. The normalized spacial score (nSPS) is 8.47. The smallest absolute Gasteiger partial charge is 0.339 e. The van der Waals surface area contributed by atoms with Crippen LogP contribution in [0.1, 0.15) is 10.4 Å². The van der Waals surface area contributed by atoms with E-state index < -0.39 is 5.97 Å². The van der Waals surface area contributed by atoms with E-state index in [9.17, 15) is 9.90 Å². The number of carboxylic acid groups (broad SMARTS) is 1. The first-order chi connectivity index (χ1) is 6.68. The molecule has 0 aliphatic carbocycles. The van der Waals surface area contributed by atoms with Gasteiger partial charge in [-0.05, 0) is 22.9 Å². The average Bonchev–Trinajstić information content (AvgIpc) is 2.16. The minimum absolute atomic E-state index is 0. The SMILES string of the molecule is O.O.O=C(O)c1cc2ccccc2cc1O.[Zn]. The van der Waals surface area contributed by atoms with Gasteiger partial charge in [-0.2, -0.15) is 0 Å². The van der Waals surface area contributed by atoms with Gasteiger partial charge in [0, 0.05) is 19.5 Å². The summed E-state index contributed by atoms with van der Waals surface area (Å²) in [6.45, 7) is 0. The van der Waals surface area contributed by atoms with E-state index in [-0.39, 0.29) is 41.7 Å². The number of carboxylic acids is 1. The quantitative estimate of drug-likeness (QED) is 0.747. The number of aromatic carboxylic acids is 1. The summed E-state index contributed by atoms with van der Waals surface area (Å²) in [7, 11) is 0. The molecule has 2 rings (SSSR count). The number of rotatable bonds is 1. The van der Waals surface area contributed by atoms with Gasteiger partial charge in [0.2, 0.25) is 0 Å². The minimum Gasteiger partial charge on any atom is -0.507 e. The maximum Gasteiger partial charge on any atom is 0.339 e. The Labute approximate surface area is 110 Å². The van der Waals surface area contributed by atoms with Gasteiger partial charge in [0.25, 0.3) is 0 Å². The Bertz CT molecular complexity index is 512. The molecule has 0 aliphatic rings. The van der Waals surface area contributed by atoms with Crippen LogP contribution in [-0.2, 0) is 19.5 Å². The predicted molar refractivity (Wildman–Crippen MR) is 59.8 cm³/mol. The van der Waals surface area contributed by atoms with Crippen LogP contribution in [0.25, 0.3) is 10.8 Å². The molecule has 0 aliphatic heterocycles. The van der Waals surface area contributed by atoms with Crippen LogP contribution in [-0.4, -0.2) is 27.1 Å². The molecule has 0 unspecified atom stereocenters. The topological polar surface area (TPSA) is 121 Å². The van der Waals surface area contributed by atoms with Gasteiger partial charge in [-0.1, -0.05) is 24.3 Å². The Morgan fingerprint density at radius 3 is 1.94 bits per heavy atom. The monoisotopic (exact) mass is 288 g/mol. The number of benzene rings is 2. The standard InChI is InChI=1S/C11H8O3.2H2O.Zn/c12-10-6-8-4-2-1-3-7(8)5-9(10)11(13)14;;;/h1-6,12H,(H,13,14);2*1H2;. The van der Waals surface area contributed by atoms with Crippen molar-refractivity contribution in [1.29, 1.82) is 0 Å². The van der Waals surface area contributed by atoms with Gasteiger partial charge >= 0.3 is 5.97 Å². The van der Waals surface area contributed by atoms with Crippen molar-refractivity contribution in [2.24, 2.45) is 0 Å². The maximum atomic E-state index is 10.7. The van der Waals surface area contributed by atoms with Gasteiger partial charge in [0.1, 0.15) is 11.3 Å². The first kappa shape index (κ1) is 17.9. The van der Waals surface area contributed by atoms with Crippen LogP contribution in [0.5, 0.6) is 5.75 Å². The number of phenols is 1. The fourth-order valence-corrected chi connectivity index (χ4v) is 1.40. The van der Waals surface area contributed by atoms with Crippen molar-refractivity contribution >= 4 is 16.7 Å². The molecular formula is C11H12O5Zn. The Hall–Kier alpha value is -1.49. The van der Waals surface area contributed by atoms with Crippen LogP contribution in [0.3, 0.4) is 0 Å². The number of aromatic hydroxyl groups is 1. The third-order valence-electron chi connectivity index (χ3n) is 2.09. The Balaban J connectivity index is 0. The molecule has 0 saturated heterocycles. The van der Waals surface area contributed by atoms with Crippen LogP contribution in [0.4, 0.5) is 0 Å². The van der Waals surface area contributed by atoms with Crippen LogP contribution in [0.15, 0.2) is 36.4 Å². The molecular weight excluding hydrogens is 278 g/mol. The van der Waals surface area contributed by atoms with E-state index in [1.807, 2.05) is 18.2 Å². The van der Waals surface area contributed by atoms with Crippen LogP contribution >= 0.6 is 0 Å². The van der Waals surface area contributed by atoms with E-state index in [4.69, 9.17) is 5.11 Å². The summed E-state index contributed by atoms with van der Waals surface area (Å²) in [5, 5.41) is 19.8. The average molecular weight is 290 g/mol.